The van der Waals surface area contributed by atoms with Crippen molar-refractivity contribution in [3.63, 3.8) is 0 Å². The molecule has 3 rings (SSSR count). The third-order valence-corrected chi connectivity index (χ3v) is 4.45. The van der Waals surface area contributed by atoms with E-state index >= 15 is 0 Å². The first kappa shape index (κ1) is 14.9. The van der Waals surface area contributed by atoms with Crippen LogP contribution in [0.15, 0.2) is 29.6 Å². The van der Waals surface area contributed by atoms with Crippen LogP contribution in [0.2, 0.25) is 0 Å². The number of imidazole rings is 1. The highest BCUT2D eigenvalue weighted by Crippen LogP contribution is 2.35. The Bertz CT molecular complexity index is 765. The minimum absolute atomic E-state index is 0.650. The van der Waals surface area contributed by atoms with E-state index in [4.69, 9.17) is 20.2 Å². The van der Waals surface area contributed by atoms with Gasteiger partial charge >= 0.3 is 0 Å². The molecular formula is C16H19N3O2S. The zero-order valence-electron chi connectivity index (χ0n) is 12.7. The van der Waals surface area contributed by atoms with Crippen molar-refractivity contribution >= 4 is 22.4 Å². The second kappa shape index (κ2) is 6.37. The highest BCUT2D eigenvalue weighted by atomic mass is 32.1. The summed E-state index contributed by atoms with van der Waals surface area (Å²) < 4.78 is 13.0. The van der Waals surface area contributed by atoms with Gasteiger partial charge in [0.25, 0.3) is 0 Å². The third-order valence-electron chi connectivity index (χ3n) is 3.58. The monoisotopic (exact) mass is 317 g/mol. The first-order valence-corrected chi connectivity index (χ1v) is 8.02. The van der Waals surface area contributed by atoms with Gasteiger partial charge in [-0.15, -0.1) is 11.3 Å². The molecule has 0 amide bonds. The van der Waals surface area contributed by atoms with Crippen molar-refractivity contribution in [3.05, 3.63) is 29.6 Å². The van der Waals surface area contributed by atoms with E-state index in [-0.39, 0.29) is 0 Å². The normalized spacial score (nSPS) is 11.0. The smallest absolute Gasteiger partial charge is 0.163 e. The van der Waals surface area contributed by atoms with Crippen LogP contribution in [0.1, 0.15) is 6.42 Å². The maximum Gasteiger partial charge on any atom is 0.163 e. The summed E-state index contributed by atoms with van der Waals surface area (Å²) in [5.41, 5.74) is 7.62. The number of fused-ring (bicyclic) bond motifs is 1. The van der Waals surface area contributed by atoms with Gasteiger partial charge < -0.3 is 19.8 Å². The molecule has 6 heteroatoms. The van der Waals surface area contributed by atoms with E-state index in [1.807, 2.05) is 18.2 Å². The van der Waals surface area contributed by atoms with E-state index in [1.54, 1.807) is 25.6 Å². The lowest BCUT2D eigenvalue weighted by Gasteiger charge is -2.10. The van der Waals surface area contributed by atoms with Crippen LogP contribution in [0, 0.1) is 0 Å². The molecule has 0 aliphatic carbocycles. The van der Waals surface area contributed by atoms with E-state index in [2.05, 4.69) is 16.0 Å². The zero-order valence-corrected chi connectivity index (χ0v) is 13.5. The van der Waals surface area contributed by atoms with Crippen LogP contribution in [0.5, 0.6) is 11.5 Å². The van der Waals surface area contributed by atoms with Crippen molar-refractivity contribution in [2.75, 3.05) is 20.8 Å². The summed E-state index contributed by atoms with van der Waals surface area (Å²) in [5, 5.41) is 2.06. The second-order valence-corrected chi connectivity index (χ2v) is 5.85. The standard InChI is InChI=1S/C16H19N3O2S/c1-20-13-9-11-12(10-14(13)21-2)19(7-4-6-17)16(18-11)15-5-3-8-22-15/h3,5,8-10H,4,6-7,17H2,1-2H3. The molecule has 0 unspecified atom stereocenters. The Morgan fingerprint density at radius 2 is 2.00 bits per heavy atom. The molecular weight excluding hydrogens is 298 g/mol. The van der Waals surface area contributed by atoms with E-state index in [0.717, 1.165) is 34.7 Å². The van der Waals surface area contributed by atoms with Crippen molar-refractivity contribution in [2.45, 2.75) is 13.0 Å². The Morgan fingerprint density at radius 1 is 1.23 bits per heavy atom. The van der Waals surface area contributed by atoms with E-state index in [9.17, 15) is 0 Å². The Kier molecular flexibility index (Phi) is 4.31. The minimum atomic E-state index is 0.650. The average Bonchev–Trinajstić information content (AvgIpc) is 3.18. The molecule has 5 nitrogen and oxygen atoms in total. The highest BCUT2D eigenvalue weighted by Gasteiger charge is 2.16. The van der Waals surface area contributed by atoms with Crippen molar-refractivity contribution < 1.29 is 9.47 Å². The molecule has 0 atom stereocenters. The van der Waals surface area contributed by atoms with Crippen molar-refractivity contribution in [1.82, 2.24) is 9.55 Å². The molecule has 0 aliphatic rings. The lowest BCUT2D eigenvalue weighted by atomic mass is 10.2. The number of methoxy groups -OCH3 is 2. The summed E-state index contributed by atoms with van der Waals surface area (Å²) in [7, 11) is 3.28. The third kappa shape index (κ3) is 2.55. The Labute approximate surface area is 133 Å². The lowest BCUT2D eigenvalue weighted by Crippen LogP contribution is -2.06. The Balaban J connectivity index is 2.21. The summed E-state index contributed by atoms with van der Waals surface area (Å²) in [4.78, 5) is 5.93. The van der Waals surface area contributed by atoms with Crippen LogP contribution < -0.4 is 15.2 Å². The molecule has 0 bridgehead atoms. The molecule has 1 aromatic carbocycles. The number of aryl methyl sites for hydroxylation is 1. The van der Waals surface area contributed by atoms with E-state index in [0.29, 0.717) is 18.0 Å². The number of ether oxygens (including phenoxy) is 2. The van der Waals surface area contributed by atoms with E-state index in [1.165, 1.54) is 0 Å². The number of benzene rings is 1. The molecule has 2 aromatic heterocycles. The molecule has 0 saturated carbocycles. The topological polar surface area (TPSA) is 62.3 Å². The maximum absolute atomic E-state index is 5.68. The molecule has 0 saturated heterocycles. The predicted octanol–water partition coefficient (Wildman–Crippen LogP) is 3.13. The molecule has 0 radical (unpaired) electrons. The van der Waals surface area contributed by atoms with Crippen LogP contribution in [-0.2, 0) is 6.54 Å². The summed E-state index contributed by atoms with van der Waals surface area (Å²) in [6.07, 6.45) is 0.901. The quantitative estimate of drug-likeness (QED) is 0.759. The molecule has 22 heavy (non-hydrogen) atoms. The van der Waals surface area contributed by atoms with Crippen molar-refractivity contribution in [1.29, 1.82) is 0 Å². The van der Waals surface area contributed by atoms with Gasteiger partial charge in [-0.2, -0.15) is 0 Å². The molecule has 3 aromatic rings. The number of hydrogen-bond donors (Lipinski definition) is 1. The number of aromatic nitrogens is 2. The summed E-state index contributed by atoms with van der Waals surface area (Å²) in [5.74, 6) is 2.37. The summed E-state index contributed by atoms with van der Waals surface area (Å²) in [6.45, 7) is 1.48. The zero-order chi connectivity index (χ0) is 15.5. The molecule has 0 fully saturated rings. The number of thiophene rings is 1. The van der Waals surface area contributed by atoms with Crippen LogP contribution in [0.3, 0.4) is 0 Å². The maximum atomic E-state index is 5.68. The first-order chi connectivity index (χ1) is 10.8. The van der Waals surface area contributed by atoms with Gasteiger partial charge in [0.15, 0.2) is 17.3 Å². The Morgan fingerprint density at radius 3 is 2.64 bits per heavy atom. The molecule has 0 aliphatic heterocycles. The van der Waals surface area contributed by atoms with Crippen LogP contribution >= 0.6 is 11.3 Å². The second-order valence-electron chi connectivity index (χ2n) is 4.90. The SMILES string of the molecule is COc1cc2nc(-c3cccs3)n(CCCN)c2cc1OC. The fraction of sp³-hybridized carbons (Fsp3) is 0.312. The number of nitrogens with two attached hydrogens (primary N) is 1. The van der Waals surface area contributed by atoms with Crippen molar-refractivity contribution in [3.8, 4) is 22.2 Å². The molecule has 2 N–H and O–H groups in total. The number of rotatable bonds is 6. The summed E-state index contributed by atoms with van der Waals surface area (Å²) >= 11 is 1.68. The summed E-state index contributed by atoms with van der Waals surface area (Å²) in [6, 6.07) is 8.02. The minimum Gasteiger partial charge on any atom is -0.493 e. The molecule has 0 spiro atoms. The number of nitrogens with zero attached hydrogens (tertiary/aromatic N) is 2. The predicted molar refractivity (Wildman–Crippen MR) is 89.8 cm³/mol. The van der Waals surface area contributed by atoms with Gasteiger partial charge in [0, 0.05) is 18.7 Å². The van der Waals surface area contributed by atoms with Gasteiger partial charge in [-0.25, -0.2) is 4.98 Å². The van der Waals surface area contributed by atoms with Gasteiger partial charge in [0.2, 0.25) is 0 Å². The van der Waals surface area contributed by atoms with Gasteiger partial charge in [-0.1, -0.05) is 6.07 Å². The van der Waals surface area contributed by atoms with Crippen LogP contribution in [-0.4, -0.2) is 30.3 Å². The fourth-order valence-electron chi connectivity index (χ4n) is 2.52. The van der Waals surface area contributed by atoms with Gasteiger partial charge in [0.1, 0.15) is 0 Å². The van der Waals surface area contributed by atoms with E-state index < -0.39 is 0 Å². The molecule has 116 valence electrons. The largest absolute Gasteiger partial charge is 0.493 e. The van der Waals surface area contributed by atoms with Gasteiger partial charge in [-0.3, -0.25) is 0 Å². The van der Waals surface area contributed by atoms with Gasteiger partial charge in [-0.05, 0) is 24.4 Å². The highest BCUT2D eigenvalue weighted by molar-refractivity contribution is 7.13. The van der Waals surface area contributed by atoms with Crippen molar-refractivity contribution in [2.24, 2.45) is 5.73 Å². The number of hydrogen-bond acceptors (Lipinski definition) is 5. The Hall–Kier alpha value is -2.05. The van der Waals surface area contributed by atoms with Crippen LogP contribution in [0.25, 0.3) is 21.7 Å². The van der Waals surface area contributed by atoms with Gasteiger partial charge in [0.05, 0.1) is 30.1 Å². The first-order valence-electron chi connectivity index (χ1n) is 7.14. The fourth-order valence-corrected chi connectivity index (χ4v) is 3.24. The van der Waals surface area contributed by atoms with Crippen LogP contribution in [0.4, 0.5) is 0 Å². The molecule has 2 heterocycles. The lowest BCUT2D eigenvalue weighted by molar-refractivity contribution is 0.355. The average molecular weight is 317 g/mol.